The molecule has 106 valence electrons. The minimum Gasteiger partial charge on any atom is -0.496 e. The van der Waals surface area contributed by atoms with E-state index in [-0.39, 0.29) is 6.04 Å². The molecular weight excluding hydrogens is 274 g/mol. The van der Waals surface area contributed by atoms with Gasteiger partial charge >= 0.3 is 0 Å². The average Bonchev–Trinajstić information content (AvgIpc) is 2.48. The molecule has 0 saturated carbocycles. The van der Waals surface area contributed by atoms with Crippen LogP contribution in [-0.4, -0.2) is 19.1 Å². The monoisotopic (exact) mass is 291 g/mol. The molecule has 1 heterocycles. The van der Waals surface area contributed by atoms with E-state index in [1.54, 1.807) is 13.3 Å². The third kappa shape index (κ3) is 3.21. The maximum absolute atomic E-state index is 6.01. The molecule has 0 amide bonds. The summed E-state index contributed by atoms with van der Waals surface area (Å²) in [5.41, 5.74) is 7.95. The lowest BCUT2D eigenvalue weighted by molar-refractivity contribution is 0.406. The quantitative estimate of drug-likeness (QED) is 0.889. The van der Waals surface area contributed by atoms with E-state index in [0.717, 1.165) is 23.3 Å². The van der Waals surface area contributed by atoms with Gasteiger partial charge in [-0.25, -0.2) is 4.98 Å². The van der Waals surface area contributed by atoms with Crippen LogP contribution < -0.4 is 15.8 Å². The second kappa shape index (κ2) is 6.59. The molecule has 20 heavy (non-hydrogen) atoms. The number of methoxy groups -OCH3 is 1. The first-order valence-electron chi connectivity index (χ1n) is 6.35. The first kappa shape index (κ1) is 14.6. The zero-order valence-corrected chi connectivity index (χ0v) is 12.3. The molecular formula is C15H18ClN3O. The molecule has 1 atom stereocenters. The smallest absolute Gasteiger partial charge is 0.128 e. The number of rotatable bonds is 5. The summed E-state index contributed by atoms with van der Waals surface area (Å²) in [6.45, 7) is 0. The molecule has 5 heteroatoms. The summed E-state index contributed by atoms with van der Waals surface area (Å²) in [7, 11) is 3.56. The van der Waals surface area contributed by atoms with Crippen LogP contribution >= 0.6 is 11.6 Å². The maximum Gasteiger partial charge on any atom is 0.128 e. The molecule has 4 nitrogen and oxygen atoms in total. The molecule has 0 aliphatic carbocycles. The summed E-state index contributed by atoms with van der Waals surface area (Å²) >= 11 is 6.01. The van der Waals surface area contributed by atoms with Gasteiger partial charge in [0.05, 0.1) is 12.1 Å². The Hall–Kier alpha value is -1.78. The lowest BCUT2D eigenvalue weighted by Crippen LogP contribution is -2.21. The van der Waals surface area contributed by atoms with Crippen molar-refractivity contribution in [2.75, 3.05) is 19.9 Å². The van der Waals surface area contributed by atoms with Gasteiger partial charge in [-0.1, -0.05) is 29.8 Å². The lowest BCUT2D eigenvalue weighted by atomic mass is 9.99. The number of likely N-dealkylation sites (N-methyl/N-ethyl adjacent to an activating group) is 1. The van der Waals surface area contributed by atoms with Gasteiger partial charge in [0.15, 0.2) is 0 Å². The summed E-state index contributed by atoms with van der Waals surface area (Å²) in [6.07, 6.45) is 2.29. The van der Waals surface area contributed by atoms with E-state index < -0.39 is 0 Å². The second-order valence-electron chi connectivity index (χ2n) is 4.49. The fraction of sp³-hybridized carbons (Fsp3) is 0.267. The van der Waals surface area contributed by atoms with Crippen molar-refractivity contribution >= 4 is 17.4 Å². The molecule has 0 aliphatic rings. The Labute approximate surface area is 123 Å². The molecule has 0 saturated heterocycles. The van der Waals surface area contributed by atoms with Gasteiger partial charge in [-0.05, 0) is 31.2 Å². The van der Waals surface area contributed by atoms with Crippen molar-refractivity contribution in [3.05, 3.63) is 52.7 Å². The molecule has 1 unspecified atom stereocenters. The maximum atomic E-state index is 6.01. The number of anilines is 1. The molecule has 0 spiro atoms. The molecule has 1 aromatic heterocycles. The van der Waals surface area contributed by atoms with E-state index in [0.29, 0.717) is 10.8 Å². The van der Waals surface area contributed by atoms with Gasteiger partial charge in [0, 0.05) is 17.8 Å². The third-order valence-corrected chi connectivity index (χ3v) is 3.46. The second-order valence-corrected chi connectivity index (χ2v) is 4.92. The number of aromatic nitrogens is 1. The van der Waals surface area contributed by atoms with Crippen molar-refractivity contribution in [2.45, 2.75) is 12.5 Å². The molecule has 1 aromatic carbocycles. The van der Waals surface area contributed by atoms with Crippen molar-refractivity contribution in [1.29, 1.82) is 0 Å². The number of nitrogens with zero attached hydrogens (tertiary/aromatic N) is 1. The number of nitrogens with one attached hydrogen (secondary N) is 1. The fourth-order valence-electron chi connectivity index (χ4n) is 2.20. The standard InChI is InChI=1S/C15H18ClN3O/c1-18-13(12-8-11(16)9-19-15(12)17)7-10-5-3-4-6-14(10)20-2/h3-6,8-9,13,18H,7H2,1-2H3,(H2,17,19). The molecule has 2 aromatic rings. The van der Waals surface area contributed by atoms with E-state index in [1.165, 1.54) is 0 Å². The van der Waals surface area contributed by atoms with Crippen molar-refractivity contribution in [3.8, 4) is 5.75 Å². The van der Waals surface area contributed by atoms with E-state index in [9.17, 15) is 0 Å². The van der Waals surface area contributed by atoms with E-state index in [4.69, 9.17) is 22.1 Å². The van der Waals surface area contributed by atoms with Crippen LogP contribution in [0.15, 0.2) is 36.5 Å². The third-order valence-electron chi connectivity index (χ3n) is 3.26. The Kier molecular flexibility index (Phi) is 4.82. The number of halogens is 1. The van der Waals surface area contributed by atoms with Crippen molar-refractivity contribution < 1.29 is 4.74 Å². The SMILES string of the molecule is CNC(Cc1ccccc1OC)c1cc(Cl)cnc1N. The number of hydrogen-bond donors (Lipinski definition) is 2. The minimum absolute atomic E-state index is 0.0255. The summed E-state index contributed by atoms with van der Waals surface area (Å²) in [4.78, 5) is 4.11. The summed E-state index contributed by atoms with van der Waals surface area (Å²) in [5.74, 6) is 1.35. The van der Waals surface area contributed by atoms with E-state index in [2.05, 4.69) is 10.3 Å². The topological polar surface area (TPSA) is 60.2 Å². The van der Waals surface area contributed by atoms with Crippen LogP contribution in [0.5, 0.6) is 5.75 Å². The van der Waals surface area contributed by atoms with Gasteiger partial charge in [0.2, 0.25) is 0 Å². The van der Waals surface area contributed by atoms with E-state index in [1.807, 2.05) is 37.4 Å². The first-order valence-corrected chi connectivity index (χ1v) is 6.73. The molecule has 0 radical (unpaired) electrons. The van der Waals surface area contributed by atoms with Crippen molar-refractivity contribution in [3.63, 3.8) is 0 Å². The molecule has 0 aliphatic heterocycles. The van der Waals surface area contributed by atoms with Crippen molar-refractivity contribution in [1.82, 2.24) is 10.3 Å². The zero-order chi connectivity index (χ0) is 14.5. The van der Waals surface area contributed by atoms with Crippen LogP contribution in [0, 0.1) is 0 Å². The Morgan fingerprint density at radius 1 is 1.40 bits per heavy atom. The highest BCUT2D eigenvalue weighted by molar-refractivity contribution is 6.30. The predicted octanol–water partition coefficient (Wildman–Crippen LogP) is 2.83. The molecule has 0 bridgehead atoms. The number of pyridine rings is 1. The Balaban J connectivity index is 2.31. The number of ether oxygens (including phenoxy) is 1. The van der Waals surface area contributed by atoms with Gasteiger partial charge in [0.1, 0.15) is 11.6 Å². The molecule has 2 rings (SSSR count). The normalized spacial score (nSPS) is 12.2. The highest BCUT2D eigenvalue weighted by atomic mass is 35.5. The van der Waals surface area contributed by atoms with Crippen LogP contribution in [0.1, 0.15) is 17.2 Å². The predicted molar refractivity (Wildman–Crippen MR) is 82.2 cm³/mol. The van der Waals surface area contributed by atoms with Crippen LogP contribution in [0.3, 0.4) is 0 Å². The van der Waals surface area contributed by atoms with Crippen LogP contribution in [0.4, 0.5) is 5.82 Å². The Morgan fingerprint density at radius 3 is 2.85 bits per heavy atom. The van der Waals surface area contributed by atoms with Gasteiger partial charge in [0.25, 0.3) is 0 Å². The Bertz CT molecular complexity index is 589. The lowest BCUT2D eigenvalue weighted by Gasteiger charge is -2.19. The highest BCUT2D eigenvalue weighted by Crippen LogP contribution is 2.28. The number of hydrogen-bond acceptors (Lipinski definition) is 4. The highest BCUT2D eigenvalue weighted by Gasteiger charge is 2.16. The number of nitrogen functional groups attached to an aromatic ring is 1. The summed E-state index contributed by atoms with van der Waals surface area (Å²) < 4.78 is 5.38. The van der Waals surface area contributed by atoms with Gasteiger partial charge in [-0.3, -0.25) is 0 Å². The fourth-order valence-corrected chi connectivity index (χ4v) is 2.37. The summed E-state index contributed by atoms with van der Waals surface area (Å²) in [5, 5.41) is 3.83. The molecule has 3 N–H and O–H groups in total. The van der Waals surface area contributed by atoms with Gasteiger partial charge < -0.3 is 15.8 Å². The zero-order valence-electron chi connectivity index (χ0n) is 11.6. The number of para-hydroxylation sites is 1. The first-order chi connectivity index (χ1) is 9.65. The van der Waals surface area contributed by atoms with Crippen LogP contribution in [0.25, 0.3) is 0 Å². The average molecular weight is 292 g/mol. The van der Waals surface area contributed by atoms with Gasteiger partial charge in [-0.15, -0.1) is 0 Å². The van der Waals surface area contributed by atoms with Crippen LogP contribution in [-0.2, 0) is 6.42 Å². The number of nitrogens with two attached hydrogens (primary N) is 1. The summed E-state index contributed by atoms with van der Waals surface area (Å²) in [6, 6.07) is 9.80. The Morgan fingerprint density at radius 2 is 2.15 bits per heavy atom. The minimum atomic E-state index is 0.0255. The number of benzene rings is 1. The van der Waals surface area contributed by atoms with Crippen molar-refractivity contribution in [2.24, 2.45) is 0 Å². The molecule has 0 fully saturated rings. The van der Waals surface area contributed by atoms with Crippen LogP contribution in [0.2, 0.25) is 5.02 Å². The van der Waals surface area contributed by atoms with E-state index >= 15 is 0 Å². The van der Waals surface area contributed by atoms with Gasteiger partial charge in [-0.2, -0.15) is 0 Å². The largest absolute Gasteiger partial charge is 0.496 e.